The van der Waals surface area contributed by atoms with Crippen molar-refractivity contribution in [3.8, 4) is 5.75 Å². The summed E-state index contributed by atoms with van der Waals surface area (Å²) in [6, 6.07) is 15.8. The topological polar surface area (TPSA) is 170 Å². The Morgan fingerprint density at radius 2 is 1.72 bits per heavy atom. The zero-order valence-electron chi connectivity index (χ0n) is 24.6. The van der Waals surface area contributed by atoms with Crippen molar-refractivity contribution in [2.45, 2.75) is 51.9 Å². The Labute approximate surface area is 252 Å². The maximum atomic E-state index is 12.3. The van der Waals surface area contributed by atoms with E-state index in [9.17, 15) is 20.1 Å². The molecule has 11 nitrogen and oxygen atoms in total. The number of nitrogens with zero attached hydrogens (tertiary/aromatic N) is 1. The van der Waals surface area contributed by atoms with Crippen molar-refractivity contribution >= 4 is 17.6 Å². The number of amides is 1. The first-order valence-electron chi connectivity index (χ1n) is 14.3. The summed E-state index contributed by atoms with van der Waals surface area (Å²) in [5.74, 6) is -1.00. The van der Waals surface area contributed by atoms with E-state index in [0.29, 0.717) is 55.4 Å². The van der Waals surface area contributed by atoms with Crippen molar-refractivity contribution in [2.75, 3.05) is 38.2 Å². The summed E-state index contributed by atoms with van der Waals surface area (Å²) < 4.78 is 11.4. The second kappa shape index (κ2) is 20.9. The average Bonchev–Trinajstić information content (AvgIpc) is 3.00. The number of phenols is 1. The van der Waals surface area contributed by atoms with E-state index in [2.05, 4.69) is 15.6 Å². The Bertz CT molecular complexity index is 1220. The highest BCUT2D eigenvalue weighted by Crippen LogP contribution is 2.22. The summed E-state index contributed by atoms with van der Waals surface area (Å²) >= 11 is 0. The van der Waals surface area contributed by atoms with Gasteiger partial charge in [-0.1, -0.05) is 31.0 Å². The number of aromatic hydroxyl groups is 1. The first kappa shape index (κ1) is 35.3. The number of hydrogen-bond donors (Lipinski definition) is 6. The largest absolute Gasteiger partial charge is 0.508 e. The summed E-state index contributed by atoms with van der Waals surface area (Å²) in [6.45, 7) is 4.22. The molecule has 0 saturated heterocycles. The number of benzene rings is 2. The van der Waals surface area contributed by atoms with E-state index in [-0.39, 0.29) is 18.3 Å². The van der Waals surface area contributed by atoms with Gasteiger partial charge in [0, 0.05) is 43.7 Å². The predicted octanol–water partition coefficient (Wildman–Crippen LogP) is 4.04. The smallest absolute Gasteiger partial charge is 0.300 e. The van der Waals surface area contributed by atoms with Crippen LogP contribution in [0.15, 0.2) is 67.0 Å². The van der Waals surface area contributed by atoms with E-state index in [1.54, 1.807) is 30.5 Å². The fraction of sp³-hybridized carbons (Fsp3) is 0.406. The number of aliphatic carboxylic acids is 1. The Kier molecular flexibility index (Phi) is 17.2. The number of anilines is 1. The molecule has 0 aliphatic rings. The van der Waals surface area contributed by atoms with Gasteiger partial charge in [0.2, 0.25) is 0 Å². The molecule has 43 heavy (non-hydrogen) atoms. The molecule has 0 fully saturated rings. The fourth-order valence-corrected chi connectivity index (χ4v) is 3.95. The summed E-state index contributed by atoms with van der Waals surface area (Å²) in [7, 11) is 0. The van der Waals surface area contributed by atoms with Crippen molar-refractivity contribution in [1.29, 1.82) is 0 Å². The first-order chi connectivity index (χ1) is 20.8. The molecule has 2 aromatic carbocycles. The number of unbranched alkanes of at least 4 members (excludes halogenated alkanes) is 3. The van der Waals surface area contributed by atoms with Crippen molar-refractivity contribution in [3.05, 3.63) is 89.2 Å². The number of rotatable bonds is 18. The molecule has 3 aromatic rings. The van der Waals surface area contributed by atoms with Gasteiger partial charge < -0.3 is 40.5 Å². The number of pyridine rings is 1. The summed E-state index contributed by atoms with van der Waals surface area (Å²) in [4.78, 5) is 25.2. The minimum atomic E-state index is -0.833. The average molecular weight is 598 g/mol. The van der Waals surface area contributed by atoms with Crippen LogP contribution < -0.4 is 10.6 Å². The molecule has 1 amide bonds. The zero-order valence-corrected chi connectivity index (χ0v) is 24.6. The highest BCUT2D eigenvalue weighted by atomic mass is 16.5. The van der Waals surface area contributed by atoms with Crippen LogP contribution in [0.3, 0.4) is 0 Å². The van der Waals surface area contributed by atoms with Crippen molar-refractivity contribution in [3.63, 3.8) is 0 Å². The Morgan fingerprint density at radius 3 is 2.47 bits per heavy atom. The molecule has 0 spiro atoms. The third-order valence-corrected chi connectivity index (χ3v) is 6.14. The predicted molar refractivity (Wildman–Crippen MR) is 163 cm³/mol. The lowest BCUT2D eigenvalue weighted by molar-refractivity contribution is -0.134. The third kappa shape index (κ3) is 15.3. The Hall–Kier alpha value is -3.87. The normalized spacial score (nSPS) is 11.3. The van der Waals surface area contributed by atoms with Gasteiger partial charge in [0.1, 0.15) is 5.75 Å². The van der Waals surface area contributed by atoms with E-state index in [1.165, 1.54) is 12.3 Å². The third-order valence-electron chi connectivity index (χ3n) is 6.14. The number of ether oxygens (including phenoxy) is 2. The quantitative estimate of drug-likeness (QED) is 0.118. The molecule has 0 radical (unpaired) electrons. The number of carboxylic acids is 1. The Morgan fingerprint density at radius 1 is 0.953 bits per heavy atom. The molecule has 6 N–H and O–H groups in total. The van der Waals surface area contributed by atoms with Crippen LogP contribution in [0.1, 0.15) is 65.8 Å². The standard InChI is InChI=1S/C30H39N3O6.C2H4O2/c34-21-26-18-24(10-11-28(26)35)29(36)20-32-12-3-1-2-4-14-38-15-16-39-22-23-7-5-9-27(17-23)33-30(37)25-8-6-13-31-19-25;1-2(3)4/h5-11,13,17-19,29,32,34-36H,1-4,12,14-16,20-22H2,(H,33,37);1H3,(H,3,4)/t29-;/m0./s1. The van der Waals surface area contributed by atoms with Crippen LogP contribution in [0, 0.1) is 0 Å². The van der Waals surface area contributed by atoms with Gasteiger partial charge >= 0.3 is 0 Å². The summed E-state index contributed by atoms with van der Waals surface area (Å²) in [5.41, 5.74) is 3.27. The van der Waals surface area contributed by atoms with Crippen molar-refractivity contribution in [1.82, 2.24) is 10.3 Å². The molecular formula is C32H43N3O8. The van der Waals surface area contributed by atoms with Gasteiger partial charge in [-0.15, -0.1) is 0 Å². The molecule has 0 unspecified atom stereocenters. The summed E-state index contributed by atoms with van der Waals surface area (Å²) in [5, 5.41) is 42.7. The molecule has 1 heterocycles. The molecule has 11 heteroatoms. The Balaban J connectivity index is 0.00000151. The molecule has 0 aliphatic heterocycles. The summed E-state index contributed by atoms with van der Waals surface area (Å²) in [6.07, 6.45) is 6.61. The van der Waals surface area contributed by atoms with Gasteiger partial charge in [-0.2, -0.15) is 0 Å². The van der Waals surface area contributed by atoms with Crippen LogP contribution in [-0.2, 0) is 27.5 Å². The minimum Gasteiger partial charge on any atom is -0.508 e. The molecular weight excluding hydrogens is 554 g/mol. The van der Waals surface area contributed by atoms with Crippen LogP contribution in [0.5, 0.6) is 5.75 Å². The van der Waals surface area contributed by atoms with Crippen LogP contribution in [0.2, 0.25) is 0 Å². The number of hydrogen-bond acceptors (Lipinski definition) is 9. The number of nitrogens with one attached hydrogen (secondary N) is 2. The van der Waals surface area contributed by atoms with Gasteiger partial charge in [-0.3, -0.25) is 14.6 Å². The maximum Gasteiger partial charge on any atom is 0.300 e. The van der Waals surface area contributed by atoms with Gasteiger partial charge in [0.15, 0.2) is 0 Å². The van der Waals surface area contributed by atoms with Gasteiger partial charge in [-0.25, -0.2) is 0 Å². The number of aliphatic hydroxyl groups is 2. The molecule has 0 bridgehead atoms. The second-order valence-electron chi connectivity index (χ2n) is 9.76. The number of carbonyl (C=O) groups excluding carboxylic acids is 1. The number of carboxylic acid groups (broad SMARTS) is 1. The van der Waals surface area contributed by atoms with E-state index in [0.717, 1.165) is 44.7 Å². The zero-order chi connectivity index (χ0) is 31.3. The van der Waals surface area contributed by atoms with Gasteiger partial charge in [0.25, 0.3) is 11.9 Å². The molecule has 1 atom stereocenters. The van der Waals surface area contributed by atoms with E-state index in [1.807, 2.05) is 24.3 Å². The van der Waals surface area contributed by atoms with E-state index in [4.69, 9.17) is 19.4 Å². The van der Waals surface area contributed by atoms with E-state index >= 15 is 0 Å². The maximum absolute atomic E-state index is 12.3. The van der Waals surface area contributed by atoms with Crippen LogP contribution in [0.4, 0.5) is 5.69 Å². The lowest BCUT2D eigenvalue weighted by atomic mass is 10.1. The molecule has 0 aliphatic carbocycles. The fourth-order valence-electron chi connectivity index (χ4n) is 3.95. The number of aliphatic hydroxyl groups excluding tert-OH is 2. The molecule has 234 valence electrons. The lowest BCUT2D eigenvalue weighted by Crippen LogP contribution is -2.22. The lowest BCUT2D eigenvalue weighted by Gasteiger charge is -2.14. The first-order valence-corrected chi connectivity index (χ1v) is 14.3. The van der Waals surface area contributed by atoms with Crippen LogP contribution in [0.25, 0.3) is 0 Å². The molecule has 3 rings (SSSR count). The van der Waals surface area contributed by atoms with Crippen LogP contribution in [-0.4, -0.2) is 70.2 Å². The highest BCUT2D eigenvalue weighted by Gasteiger charge is 2.10. The van der Waals surface area contributed by atoms with Crippen molar-refractivity contribution < 1.29 is 39.5 Å². The monoisotopic (exact) mass is 597 g/mol. The highest BCUT2D eigenvalue weighted by molar-refractivity contribution is 6.04. The minimum absolute atomic E-state index is 0.0322. The second-order valence-corrected chi connectivity index (χ2v) is 9.76. The van der Waals surface area contributed by atoms with E-state index < -0.39 is 12.1 Å². The SMILES string of the molecule is CC(=O)O.O=C(Nc1cccc(COCCOCCCCCCNC[C@H](O)c2ccc(O)c(CO)c2)c1)c1cccnc1. The van der Waals surface area contributed by atoms with Crippen LogP contribution >= 0.6 is 0 Å². The molecule has 1 aromatic heterocycles. The molecule has 0 saturated carbocycles. The number of aromatic nitrogens is 1. The van der Waals surface area contributed by atoms with Gasteiger partial charge in [-0.05, 0) is 66.9 Å². The van der Waals surface area contributed by atoms with Crippen molar-refractivity contribution in [2.24, 2.45) is 0 Å². The van der Waals surface area contributed by atoms with Gasteiger partial charge in [0.05, 0.1) is 38.1 Å². The number of carbonyl (C=O) groups is 2.